The lowest BCUT2D eigenvalue weighted by Gasteiger charge is -2.18. The quantitative estimate of drug-likeness (QED) is 0.724. The maximum Gasteiger partial charge on any atom is 0.334 e. The molecule has 1 aliphatic rings. The number of nitrogens with zero attached hydrogens (tertiary/aromatic N) is 1. The zero-order chi connectivity index (χ0) is 18.9. The third-order valence-corrected chi connectivity index (χ3v) is 5.69. The number of carbonyl (C=O) groups is 3. The van der Waals surface area contributed by atoms with E-state index < -0.39 is 40.0 Å². The van der Waals surface area contributed by atoms with Crippen molar-refractivity contribution in [3.8, 4) is 0 Å². The third kappa shape index (κ3) is 3.35. The molecule has 10 heteroatoms. The van der Waals surface area contributed by atoms with Crippen LogP contribution in [-0.4, -0.2) is 61.4 Å². The van der Waals surface area contributed by atoms with Gasteiger partial charge in [0, 0.05) is 18.7 Å². The average Bonchev–Trinajstić information content (AvgIpc) is 2.73. The van der Waals surface area contributed by atoms with Crippen molar-refractivity contribution in [3.05, 3.63) is 29.3 Å². The van der Waals surface area contributed by atoms with Crippen LogP contribution < -0.4 is 5.32 Å². The van der Waals surface area contributed by atoms with Crippen molar-refractivity contribution >= 4 is 27.8 Å². The Kier molecular flexibility index (Phi) is 5.14. The highest BCUT2D eigenvalue weighted by Crippen LogP contribution is 2.32. The summed E-state index contributed by atoms with van der Waals surface area (Å²) >= 11 is 0. The molecule has 0 spiro atoms. The maximum atomic E-state index is 12.5. The second-order valence-electron chi connectivity index (χ2n) is 5.68. The van der Waals surface area contributed by atoms with Gasteiger partial charge in [0.1, 0.15) is 4.90 Å². The van der Waals surface area contributed by atoms with Gasteiger partial charge < -0.3 is 15.2 Å². The van der Waals surface area contributed by atoms with Gasteiger partial charge in [-0.1, -0.05) is 0 Å². The number of carboxylic acids is 1. The Morgan fingerprint density at radius 1 is 1.32 bits per heavy atom. The van der Waals surface area contributed by atoms with Gasteiger partial charge in [0.15, 0.2) is 6.10 Å². The molecule has 1 aliphatic heterocycles. The van der Waals surface area contributed by atoms with Crippen LogP contribution in [-0.2, 0) is 19.6 Å². The van der Waals surface area contributed by atoms with Gasteiger partial charge in [-0.05, 0) is 32.0 Å². The van der Waals surface area contributed by atoms with Gasteiger partial charge in [-0.15, -0.1) is 0 Å². The predicted octanol–water partition coefficient (Wildman–Crippen LogP) is 0.0689. The minimum absolute atomic E-state index is 0.000901. The summed E-state index contributed by atoms with van der Waals surface area (Å²) in [6, 6.07) is 3.15. The van der Waals surface area contributed by atoms with Gasteiger partial charge in [-0.2, -0.15) is 0 Å². The SMILES string of the molecule is COC(CNC(=O)c1ccc2c(c1)S(=O)(=O)N(C(C)C)C2=O)C(=O)O. The van der Waals surface area contributed by atoms with Gasteiger partial charge in [-0.25, -0.2) is 17.5 Å². The van der Waals surface area contributed by atoms with Crippen LogP contribution in [0.2, 0.25) is 0 Å². The van der Waals surface area contributed by atoms with Crippen molar-refractivity contribution in [1.82, 2.24) is 9.62 Å². The van der Waals surface area contributed by atoms with Crippen LogP contribution in [0, 0.1) is 0 Å². The van der Waals surface area contributed by atoms with Crippen molar-refractivity contribution < 1.29 is 32.6 Å². The fourth-order valence-corrected chi connectivity index (χ4v) is 4.25. The number of fused-ring (bicyclic) bond motifs is 1. The largest absolute Gasteiger partial charge is 0.479 e. The van der Waals surface area contributed by atoms with Crippen molar-refractivity contribution in [2.24, 2.45) is 0 Å². The van der Waals surface area contributed by atoms with E-state index in [4.69, 9.17) is 9.84 Å². The van der Waals surface area contributed by atoms with Crippen LogP contribution >= 0.6 is 0 Å². The number of hydrogen-bond acceptors (Lipinski definition) is 6. The van der Waals surface area contributed by atoms with Crippen molar-refractivity contribution in [2.45, 2.75) is 30.9 Å². The van der Waals surface area contributed by atoms with Gasteiger partial charge >= 0.3 is 5.97 Å². The number of rotatable bonds is 6. The predicted molar refractivity (Wildman–Crippen MR) is 85.7 cm³/mol. The number of methoxy groups -OCH3 is 1. The number of ether oxygens (including phenoxy) is 1. The summed E-state index contributed by atoms with van der Waals surface area (Å²) < 4.78 is 30.4. The first-order chi connectivity index (χ1) is 11.6. The summed E-state index contributed by atoms with van der Waals surface area (Å²) in [4.78, 5) is 35.0. The Hall–Kier alpha value is -2.46. The molecular weight excluding hydrogens is 352 g/mol. The second-order valence-corrected chi connectivity index (χ2v) is 7.47. The smallest absolute Gasteiger partial charge is 0.334 e. The standard InChI is InChI=1S/C15H18N2O7S/c1-8(2)17-14(19)10-5-4-9(6-12(10)25(17,22)23)13(18)16-7-11(24-3)15(20)21/h4-6,8,11H,7H2,1-3H3,(H,16,18)(H,20,21). The molecule has 2 N–H and O–H groups in total. The lowest BCUT2D eigenvalue weighted by molar-refractivity contribution is -0.148. The fraction of sp³-hybridized carbons (Fsp3) is 0.400. The first-order valence-corrected chi connectivity index (χ1v) is 8.82. The molecule has 1 aromatic carbocycles. The minimum atomic E-state index is -4.02. The van der Waals surface area contributed by atoms with Gasteiger partial charge in [-0.3, -0.25) is 9.59 Å². The molecular formula is C15H18N2O7S. The Morgan fingerprint density at radius 3 is 2.48 bits per heavy atom. The number of amides is 2. The lowest BCUT2D eigenvalue weighted by Crippen LogP contribution is -2.37. The van der Waals surface area contributed by atoms with Gasteiger partial charge in [0.2, 0.25) is 0 Å². The number of carbonyl (C=O) groups excluding carboxylic acids is 2. The Morgan fingerprint density at radius 2 is 1.96 bits per heavy atom. The highest BCUT2D eigenvalue weighted by Gasteiger charge is 2.42. The van der Waals surface area contributed by atoms with Crippen molar-refractivity contribution in [2.75, 3.05) is 13.7 Å². The highest BCUT2D eigenvalue weighted by molar-refractivity contribution is 7.90. The molecule has 2 amide bonds. The zero-order valence-electron chi connectivity index (χ0n) is 13.8. The Balaban J connectivity index is 2.28. The Labute approximate surface area is 144 Å². The van der Waals surface area contributed by atoms with E-state index in [-0.39, 0.29) is 22.6 Å². The average molecular weight is 370 g/mol. The number of sulfonamides is 1. The van der Waals surface area contributed by atoms with E-state index in [0.717, 1.165) is 10.4 Å². The molecule has 25 heavy (non-hydrogen) atoms. The van der Waals surface area contributed by atoms with Crippen molar-refractivity contribution in [3.63, 3.8) is 0 Å². The molecule has 0 fully saturated rings. The Bertz CT molecular complexity index is 832. The topological polar surface area (TPSA) is 130 Å². The molecule has 0 bridgehead atoms. The second kappa shape index (κ2) is 6.81. The number of carboxylic acid groups (broad SMARTS) is 1. The van der Waals surface area contributed by atoms with Crippen molar-refractivity contribution in [1.29, 1.82) is 0 Å². The molecule has 0 radical (unpaired) electrons. The molecule has 2 rings (SSSR count). The van der Waals surface area contributed by atoms with E-state index in [9.17, 15) is 22.8 Å². The molecule has 0 saturated heterocycles. The number of hydrogen-bond donors (Lipinski definition) is 2. The van der Waals surface area contributed by atoms with E-state index in [2.05, 4.69) is 5.32 Å². The molecule has 136 valence electrons. The summed E-state index contributed by atoms with van der Waals surface area (Å²) in [6.07, 6.45) is -1.22. The molecule has 0 aliphatic carbocycles. The number of nitrogens with one attached hydrogen (secondary N) is 1. The zero-order valence-corrected chi connectivity index (χ0v) is 14.7. The highest BCUT2D eigenvalue weighted by atomic mass is 32.2. The first kappa shape index (κ1) is 18.9. The number of benzene rings is 1. The molecule has 0 saturated carbocycles. The van der Waals surface area contributed by atoms with E-state index in [0.29, 0.717) is 0 Å². The van der Waals surface area contributed by atoms with Gasteiger partial charge in [0.05, 0.1) is 12.1 Å². The van der Waals surface area contributed by atoms with Crippen LogP contribution in [0.4, 0.5) is 0 Å². The van der Waals surface area contributed by atoms with Crippen LogP contribution in [0.5, 0.6) is 0 Å². The van der Waals surface area contributed by atoms with Crippen LogP contribution in [0.15, 0.2) is 23.1 Å². The fourth-order valence-electron chi connectivity index (χ4n) is 2.46. The maximum absolute atomic E-state index is 12.5. The van der Waals surface area contributed by atoms with E-state index in [1.54, 1.807) is 13.8 Å². The summed E-state index contributed by atoms with van der Waals surface area (Å²) in [6.45, 7) is 2.86. The molecule has 1 aromatic rings. The van der Waals surface area contributed by atoms with Crippen LogP contribution in [0.25, 0.3) is 0 Å². The summed E-state index contributed by atoms with van der Waals surface area (Å²) in [5.74, 6) is -2.54. The van der Waals surface area contributed by atoms with E-state index in [1.807, 2.05) is 0 Å². The van der Waals surface area contributed by atoms with E-state index >= 15 is 0 Å². The third-order valence-electron chi connectivity index (χ3n) is 3.69. The molecule has 1 atom stereocenters. The minimum Gasteiger partial charge on any atom is -0.479 e. The monoisotopic (exact) mass is 370 g/mol. The molecule has 1 unspecified atom stereocenters. The van der Waals surface area contributed by atoms with Crippen LogP contribution in [0.3, 0.4) is 0 Å². The lowest BCUT2D eigenvalue weighted by atomic mass is 10.1. The normalized spacial score (nSPS) is 16.6. The molecule has 9 nitrogen and oxygen atoms in total. The summed E-state index contributed by atoms with van der Waals surface area (Å²) in [7, 11) is -2.82. The summed E-state index contributed by atoms with van der Waals surface area (Å²) in [5.41, 5.74) is 0.00604. The van der Waals surface area contributed by atoms with Gasteiger partial charge in [0.25, 0.3) is 21.8 Å². The van der Waals surface area contributed by atoms with E-state index in [1.165, 1.54) is 19.2 Å². The number of aliphatic carboxylic acids is 1. The summed E-state index contributed by atoms with van der Waals surface area (Å²) in [5, 5.41) is 11.2. The molecule has 0 aromatic heterocycles. The first-order valence-electron chi connectivity index (χ1n) is 7.37. The molecule has 1 heterocycles. The van der Waals surface area contributed by atoms with Crippen LogP contribution in [0.1, 0.15) is 34.6 Å².